The second-order valence-corrected chi connectivity index (χ2v) is 4.63. The Morgan fingerprint density at radius 2 is 2.37 bits per heavy atom. The van der Waals surface area contributed by atoms with Crippen LogP contribution in [-0.2, 0) is 13.6 Å². The van der Waals surface area contributed by atoms with Crippen LogP contribution in [-0.4, -0.2) is 28.9 Å². The molecule has 3 rings (SSSR count). The summed E-state index contributed by atoms with van der Waals surface area (Å²) < 4.78 is 6.78. The zero-order chi connectivity index (χ0) is 13.4. The van der Waals surface area contributed by atoms with Crippen LogP contribution in [0.15, 0.2) is 17.3 Å². The number of aromatic nitrogens is 6. The second kappa shape index (κ2) is 4.40. The largest absolute Gasteiger partial charge is 0.313 e. The molecule has 9 nitrogen and oxygen atoms in total. The monoisotopic (exact) mass is 278 g/mol. The van der Waals surface area contributed by atoms with Crippen LogP contribution in [0.25, 0.3) is 11.0 Å². The van der Waals surface area contributed by atoms with E-state index in [1.807, 2.05) is 0 Å². The van der Waals surface area contributed by atoms with Gasteiger partial charge in [0.1, 0.15) is 22.4 Å². The molecule has 98 valence electrons. The van der Waals surface area contributed by atoms with Crippen LogP contribution < -0.4 is 16.8 Å². The topological polar surface area (TPSA) is 117 Å². The van der Waals surface area contributed by atoms with Crippen LogP contribution in [0.3, 0.4) is 0 Å². The molecule has 3 aromatic heterocycles. The summed E-state index contributed by atoms with van der Waals surface area (Å²) in [6.07, 6.45) is 2.97. The summed E-state index contributed by atoms with van der Waals surface area (Å²) in [5.74, 6) is 5.34. The normalized spacial score (nSPS) is 11.1. The summed E-state index contributed by atoms with van der Waals surface area (Å²) >= 11 is 1.13. The highest BCUT2D eigenvalue weighted by atomic mass is 32.1. The van der Waals surface area contributed by atoms with Crippen LogP contribution in [0.2, 0.25) is 0 Å². The molecule has 0 atom stereocenters. The molecule has 0 spiro atoms. The maximum Gasteiger partial charge on any atom is 0.264 e. The van der Waals surface area contributed by atoms with E-state index in [4.69, 9.17) is 5.84 Å². The molecule has 0 aliphatic rings. The number of nitrogens with zero attached hydrogens (tertiary/aromatic N) is 6. The van der Waals surface area contributed by atoms with Gasteiger partial charge >= 0.3 is 0 Å². The lowest BCUT2D eigenvalue weighted by Crippen LogP contribution is -2.22. The summed E-state index contributed by atoms with van der Waals surface area (Å²) in [6.45, 7) is 0.257. The van der Waals surface area contributed by atoms with Crippen molar-refractivity contribution in [2.24, 2.45) is 12.9 Å². The van der Waals surface area contributed by atoms with Crippen LogP contribution in [0.4, 0.5) is 5.00 Å². The summed E-state index contributed by atoms with van der Waals surface area (Å²) in [7, 11) is 1.74. The third-order valence-electron chi connectivity index (χ3n) is 2.73. The lowest BCUT2D eigenvalue weighted by molar-refractivity contribution is 0.720. The third kappa shape index (κ3) is 1.86. The predicted molar refractivity (Wildman–Crippen MR) is 69.6 cm³/mol. The lowest BCUT2D eigenvalue weighted by atomic mass is 10.4. The number of hydrogen-bond acceptors (Lipinski definition) is 8. The molecule has 3 N–H and O–H groups in total. The fraction of sp³-hybridized carbons (Fsp3) is 0.222. The van der Waals surface area contributed by atoms with E-state index >= 15 is 0 Å². The Labute approximate surface area is 110 Å². The van der Waals surface area contributed by atoms with Gasteiger partial charge in [0.25, 0.3) is 5.56 Å². The van der Waals surface area contributed by atoms with Gasteiger partial charge in [0.2, 0.25) is 0 Å². The van der Waals surface area contributed by atoms with Gasteiger partial charge in [-0.25, -0.2) is 10.8 Å². The van der Waals surface area contributed by atoms with E-state index in [0.717, 1.165) is 11.5 Å². The van der Waals surface area contributed by atoms with Gasteiger partial charge in [-0.15, -0.1) is 5.10 Å². The molecular formula is C9H10N8OS. The van der Waals surface area contributed by atoms with E-state index in [1.165, 1.54) is 17.1 Å². The average Bonchev–Trinajstić information content (AvgIpc) is 3.00. The molecule has 0 saturated heterocycles. The minimum Gasteiger partial charge on any atom is -0.313 e. The van der Waals surface area contributed by atoms with Crippen molar-refractivity contribution in [1.82, 2.24) is 28.9 Å². The van der Waals surface area contributed by atoms with Crippen molar-refractivity contribution in [3.05, 3.63) is 28.6 Å². The third-order valence-corrected chi connectivity index (χ3v) is 3.42. The van der Waals surface area contributed by atoms with Crippen LogP contribution >= 0.6 is 11.5 Å². The Bertz CT molecular complexity index is 787. The molecule has 0 unspecified atom stereocenters. The first kappa shape index (κ1) is 11.7. The molecule has 0 amide bonds. The van der Waals surface area contributed by atoms with Gasteiger partial charge < -0.3 is 5.43 Å². The van der Waals surface area contributed by atoms with E-state index in [9.17, 15) is 4.79 Å². The fourth-order valence-electron chi connectivity index (χ4n) is 1.76. The molecular weight excluding hydrogens is 268 g/mol. The van der Waals surface area contributed by atoms with Gasteiger partial charge in [-0.3, -0.25) is 14.0 Å². The molecule has 19 heavy (non-hydrogen) atoms. The van der Waals surface area contributed by atoms with Crippen LogP contribution in [0.5, 0.6) is 0 Å². The highest BCUT2D eigenvalue weighted by Crippen LogP contribution is 2.16. The fourth-order valence-corrected chi connectivity index (χ4v) is 2.25. The minimum absolute atomic E-state index is 0.172. The first-order valence-corrected chi connectivity index (χ1v) is 6.13. The van der Waals surface area contributed by atoms with Gasteiger partial charge in [-0.2, -0.15) is 5.10 Å². The zero-order valence-electron chi connectivity index (χ0n) is 9.94. The van der Waals surface area contributed by atoms with Crippen molar-refractivity contribution in [3.8, 4) is 0 Å². The second-order valence-electron chi connectivity index (χ2n) is 3.88. The minimum atomic E-state index is -0.172. The SMILES string of the molecule is Cn1ncc2c(=O)n(Cc3nnsc3NN)cnc21. The number of hydrazine groups is 1. The van der Waals surface area contributed by atoms with Gasteiger partial charge in [0.15, 0.2) is 5.65 Å². The van der Waals surface area contributed by atoms with Gasteiger partial charge in [0.05, 0.1) is 12.7 Å². The van der Waals surface area contributed by atoms with Gasteiger partial charge in [-0.05, 0) is 0 Å². The van der Waals surface area contributed by atoms with Gasteiger partial charge in [0, 0.05) is 18.6 Å². The van der Waals surface area contributed by atoms with Crippen molar-refractivity contribution in [3.63, 3.8) is 0 Å². The van der Waals surface area contributed by atoms with E-state index in [1.54, 1.807) is 11.7 Å². The average molecular weight is 278 g/mol. The Balaban J connectivity index is 2.07. The summed E-state index contributed by atoms with van der Waals surface area (Å²) in [6, 6.07) is 0. The number of hydrogen-bond donors (Lipinski definition) is 2. The molecule has 0 saturated carbocycles. The van der Waals surface area contributed by atoms with Crippen LogP contribution in [0, 0.1) is 0 Å². The zero-order valence-corrected chi connectivity index (χ0v) is 10.8. The van der Waals surface area contributed by atoms with Crippen molar-refractivity contribution >= 4 is 27.6 Å². The van der Waals surface area contributed by atoms with Crippen molar-refractivity contribution in [2.45, 2.75) is 6.54 Å². The van der Waals surface area contributed by atoms with E-state index in [0.29, 0.717) is 21.7 Å². The van der Waals surface area contributed by atoms with Crippen LogP contribution in [0.1, 0.15) is 5.69 Å². The number of nitrogen functional groups attached to an aromatic ring is 1. The molecule has 0 radical (unpaired) electrons. The van der Waals surface area contributed by atoms with E-state index in [2.05, 4.69) is 25.1 Å². The van der Waals surface area contributed by atoms with Crippen molar-refractivity contribution in [1.29, 1.82) is 0 Å². The quantitative estimate of drug-likeness (QED) is 0.481. The van der Waals surface area contributed by atoms with E-state index in [-0.39, 0.29) is 12.1 Å². The summed E-state index contributed by atoms with van der Waals surface area (Å²) in [5, 5.41) is 9.03. The Hall–Kier alpha value is -2.33. The maximum atomic E-state index is 12.2. The number of fused-ring (bicyclic) bond motifs is 1. The molecule has 0 fully saturated rings. The number of rotatable bonds is 3. The Morgan fingerprint density at radius 1 is 1.53 bits per heavy atom. The lowest BCUT2D eigenvalue weighted by Gasteiger charge is -2.04. The number of nitrogens with one attached hydrogen (secondary N) is 1. The molecule has 3 aromatic rings. The number of nitrogens with two attached hydrogens (primary N) is 1. The molecule has 10 heteroatoms. The number of anilines is 1. The Morgan fingerprint density at radius 3 is 3.16 bits per heavy atom. The van der Waals surface area contributed by atoms with Crippen molar-refractivity contribution < 1.29 is 0 Å². The standard InChI is InChI=1S/C9H10N8OS/c1-16-7-5(2-12-16)9(18)17(4-11-7)3-6-8(13-10)19-15-14-6/h2,4,13H,3,10H2,1H3. The smallest absolute Gasteiger partial charge is 0.264 e. The molecule has 0 aliphatic carbocycles. The Kier molecular flexibility index (Phi) is 2.72. The summed E-state index contributed by atoms with van der Waals surface area (Å²) in [4.78, 5) is 16.4. The molecule has 0 aromatic carbocycles. The maximum absolute atomic E-state index is 12.2. The number of aryl methyl sites for hydroxylation is 1. The first-order chi connectivity index (χ1) is 9.20. The van der Waals surface area contributed by atoms with Crippen molar-refractivity contribution in [2.75, 3.05) is 5.43 Å². The molecule has 0 aliphatic heterocycles. The van der Waals surface area contributed by atoms with Gasteiger partial charge in [-0.1, -0.05) is 4.49 Å². The van der Waals surface area contributed by atoms with E-state index < -0.39 is 0 Å². The predicted octanol–water partition coefficient (Wildman–Crippen LogP) is -0.685. The first-order valence-electron chi connectivity index (χ1n) is 5.35. The highest BCUT2D eigenvalue weighted by molar-refractivity contribution is 7.10. The molecule has 0 bridgehead atoms. The highest BCUT2D eigenvalue weighted by Gasteiger charge is 2.12. The molecule has 3 heterocycles. The summed E-state index contributed by atoms with van der Waals surface area (Å²) in [5.41, 5.74) is 3.47.